The minimum Gasteiger partial charge on any atom is -0.348 e. The zero-order chi connectivity index (χ0) is 19.2. The zero-order valence-corrected chi connectivity index (χ0v) is 16.8. The van der Waals surface area contributed by atoms with E-state index in [4.69, 9.17) is 11.6 Å². The summed E-state index contributed by atoms with van der Waals surface area (Å²) >= 11 is 6.08. The Kier molecular flexibility index (Phi) is 6.89. The van der Waals surface area contributed by atoms with Crippen LogP contribution in [0.4, 0.5) is 0 Å². The second kappa shape index (κ2) is 9.36. The molecular weight excluding hydrogens is 358 g/mol. The lowest BCUT2D eigenvalue weighted by Crippen LogP contribution is -2.53. The van der Waals surface area contributed by atoms with Crippen molar-refractivity contribution in [3.05, 3.63) is 70.7 Å². The molecule has 1 heterocycles. The van der Waals surface area contributed by atoms with Gasteiger partial charge in [0.1, 0.15) is 0 Å². The van der Waals surface area contributed by atoms with Gasteiger partial charge < -0.3 is 5.32 Å². The van der Waals surface area contributed by atoms with Crippen molar-refractivity contribution in [2.75, 3.05) is 26.2 Å². The third-order valence-corrected chi connectivity index (χ3v) is 5.52. The van der Waals surface area contributed by atoms with Gasteiger partial charge in [-0.1, -0.05) is 54.1 Å². The van der Waals surface area contributed by atoms with Gasteiger partial charge >= 0.3 is 0 Å². The first-order chi connectivity index (χ1) is 13.0. The summed E-state index contributed by atoms with van der Waals surface area (Å²) in [5, 5.41) is 3.92. The minimum absolute atomic E-state index is 0.0188. The average Bonchev–Trinajstić information content (AvgIpc) is 2.68. The van der Waals surface area contributed by atoms with E-state index in [0.29, 0.717) is 0 Å². The first-order valence-electron chi connectivity index (χ1n) is 9.59. The molecule has 4 nitrogen and oxygen atoms in total. The molecular formula is C22H28ClN3O. The Hall–Kier alpha value is -1.88. The summed E-state index contributed by atoms with van der Waals surface area (Å²) in [6, 6.07) is 18.0. The van der Waals surface area contributed by atoms with Crippen LogP contribution in [0.15, 0.2) is 54.6 Å². The second-order valence-electron chi connectivity index (χ2n) is 7.26. The maximum Gasteiger partial charge on any atom is 0.237 e. The maximum absolute atomic E-state index is 12.7. The molecule has 1 saturated heterocycles. The van der Waals surface area contributed by atoms with Crippen molar-refractivity contribution < 1.29 is 4.79 Å². The highest BCUT2D eigenvalue weighted by Gasteiger charge is 2.26. The summed E-state index contributed by atoms with van der Waals surface area (Å²) in [5.41, 5.74) is 2.36. The molecule has 1 aliphatic rings. The Morgan fingerprint density at radius 2 is 1.74 bits per heavy atom. The normalized spacial score (nSPS) is 18.0. The summed E-state index contributed by atoms with van der Waals surface area (Å²) in [6.07, 6.45) is 0. The molecule has 2 aromatic carbocycles. The topological polar surface area (TPSA) is 35.6 Å². The van der Waals surface area contributed by atoms with E-state index in [0.717, 1.165) is 43.3 Å². The predicted molar refractivity (Wildman–Crippen MR) is 111 cm³/mol. The van der Waals surface area contributed by atoms with Crippen LogP contribution in [0.25, 0.3) is 0 Å². The lowest BCUT2D eigenvalue weighted by molar-refractivity contribution is -0.127. The molecule has 0 aliphatic carbocycles. The summed E-state index contributed by atoms with van der Waals surface area (Å²) in [4.78, 5) is 17.3. The first kappa shape index (κ1) is 19.9. The number of piperazine rings is 1. The Bertz CT molecular complexity index is 744. The monoisotopic (exact) mass is 385 g/mol. The molecule has 2 atom stereocenters. The molecule has 0 aromatic heterocycles. The standard InChI is InChI=1S/C22H28ClN3O/c1-17(20-8-4-3-5-9-20)24-22(27)18(2)26-13-11-25(12-14-26)16-19-7-6-10-21(23)15-19/h3-10,15,17-18H,11-14,16H2,1-2H3,(H,24,27)/t17-,18-/m1/s1. The predicted octanol–water partition coefficient (Wildman–Crippen LogP) is 3.72. The maximum atomic E-state index is 12.7. The van der Waals surface area contributed by atoms with Gasteiger partial charge in [0.25, 0.3) is 0 Å². The number of carbonyl (C=O) groups excluding carboxylic acids is 1. The SMILES string of the molecule is C[C@H](C(=O)N[C@H](C)c1ccccc1)N1CCN(Cc2cccc(Cl)c2)CC1. The molecule has 2 aromatic rings. The van der Waals surface area contributed by atoms with E-state index in [9.17, 15) is 4.79 Å². The Morgan fingerprint density at radius 1 is 1.04 bits per heavy atom. The average molecular weight is 386 g/mol. The van der Waals surface area contributed by atoms with E-state index in [1.54, 1.807) is 0 Å². The molecule has 3 rings (SSSR count). The van der Waals surface area contributed by atoms with Crippen LogP contribution >= 0.6 is 11.6 Å². The molecule has 27 heavy (non-hydrogen) atoms. The van der Waals surface area contributed by atoms with E-state index < -0.39 is 0 Å². The van der Waals surface area contributed by atoms with E-state index in [-0.39, 0.29) is 18.0 Å². The highest BCUT2D eigenvalue weighted by atomic mass is 35.5. The third kappa shape index (κ3) is 5.55. The quantitative estimate of drug-likeness (QED) is 0.823. The fourth-order valence-electron chi connectivity index (χ4n) is 3.53. The minimum atomic E-state index is -0.121. The van der Waals surface area contributed by atoms with Crippen molar-refractivity contribution in [3.63, 3.8) is 0 Å². The van der Waals surface area contributed by atoms with Crippen LogP contribution < -0.4 is 5.32 Å². The fourth-order valence-corrected chi connectivity index (χ4v) is 3.74. The van der Waals surface area contributed by atoms with Crippen LogP contribution in [0.5, 0.6) is 0 Å². The number of halogens is 1. The van der Waals surface area contributed by atoms with Gasteiger partial charge in [0, 0.05) is 37.7 Å². The van der Waals surface area contributed by atoms with Gasteiger partial charge in [0.15, 0.2) is 0 Å². The number of nitrogens with zero attached hydrogens (tertiary/aromatic N) is 2. The van der Waals surface area contributed by atoms with Gasteiger partial charge in [0.2, 0.25) is 5.91 Å². The van der Waals surface area contributed by atoms with Gasteiger partial charge in [-0.2, -0.15) is 0 Å². The molecule has 0 saturated carbocycles. The molecule has 0 spiro atoms. The van der Waals surface area contributed by atoms with E-state index >= 15 is 0 Å². The second-order valence-corrected chi connectivity index (χ2v) is 7.70. The van der Waals surface area contributed by atoms with Gasteiger partial charge in [-0.3, -0.25) is 14.6 Å². The number of amides is 1. The van der Waals surface area contributed by atoms with Gasteiger partial charge in [-0.05, 0) is 37.1 Å². The lowest BCUT2D eigenvalue weighted by Gasteiger charge is -2.37. The molecule has 1 aliphatic heterocycles. The van der Waals surface area contributed by atoms with Crippen molar-refractivity contribution in [2.45, 2.75) is 32.5 Å². The number of carbonyl (C=O) groups is 1. The fraction of sp³-hybridized carbons (Fsp3) is 0.409. The van der Waals surface area contributed by atoms with Crippen LogP contribution in [0.3, 0.4) is 0 Å². The number of hydrogen-bond donors (Lipinski definition) is 1. The van der Waals surface area contributed by atoms with Gasteiger partial charge in [-0.15, -0.1) is 0 Å². The Labute approximate surface area is 167 Å². The van der Waals surface area contributed by atoms with Crippen molar-refractivity contribution in [3.8, 4) is 0 Å². The summed E-state index contributed by atoms with van der Waals surface area (Å²) in [5.74, 6) is 0.0923. The molecule has 0 radical (unpaired) electrons. The zero-order valence-electron chi connectivity index (χ0n) is 16.1. The van der Waals surface area contributed by atoms with E-state index in [2.05, 4.69) is 21.2 Å². The largest absolute Gasteiger partial charge is 0.348 e. The van der Waals surface area contributed by atoms with Crippen LogP contribution in [0, 0.1) is 0 Å². The smallest absolute Gasteiger partial charge is 0.237 e. The third-order valence-electron chi connectivity index (χ3n) is 5.29. The van der Waals surface area contributed by atoms with Gasteiger partial charge in [0.05, 0.1) is 12.1 Å². The summed E-state index contributed by atoms with van der Waals surface area (Å²) in [7, 11) is 0. The molecule has 144 valence electrons. The summed E-state index contributed by atoms with van der Waals surface area (Å²) < 4.78 is 0. The van der Waals surface area contributed by atoms with Crippen LogP contribution in [0.2, 0.25) is 5.02 Å². The van der Waals surface area contributed by atoms with Crippen LogP contribution in [0.1, 0.15) is 31.0 Å². The molecule has 1 N–H and O–H groups in total. The van der Waals surface area contributed by atoms with E-state index in [1.165, 1.54) is 5.56 Å². The van der Waals surface area contributed by atoms with Crippen LogP contribution in [-0.4, -0.2) is 47.9 Å². The van der Waals surface area contributed by atoms with Crippen molar-refractivity contribution >= 4 is 17.5 Å². The molecule has 5 heteroatoms. The lowest BCUT2D eigenvalue weighted by atomic mass is 10.1. The van der Waals surface area contributed by atoms with Crippen molar-refractivity contribution in [1.29, 1.82) is 0 Å². The molecule has 0 bridgehead atoms. The van der Waals surface area contributed by atoms with E-state index in [1.807, 2.05) is 62.4 Å². The number of benzene rings is 2. The number of hydrogen-bond acceptors (Lipinski definition) is 3. The highest BCUT2D eigenvalue weighted by molar-refractivity contribution is 6.30. The van der Waals surface area contributed by atoms with Crippen molar-refractivity contribution in [2.24, 2.45) is 0 Å². The number of rotatable bonds is 6. The summed E-state index contributed by atoms with van der Waals surface area (Å²) in [6.45, 7) is 8.64. The van der Waals surface area contributed by atoms with Gasteiger partial charge in [-0.25, -0.2) is 0 Å². The first-order valence-corrected chi connectivity index (χ1v) is 9.97. The molecule has 1 amide bonds. The number of nitrogens with one attached hydrogen (secondary N) is 1. The van der Waals surface area contributed by atoms with Crippen molar-refractivity contribution in [1.82, 2.24) is 15.1 Å². The van der Waals surface area contributed by atoms with Crippen LogP contribution in [-0.2, 0) is 11.3 Å². The Morgan fingerprint density at radius 3 is 2.41 bits per heavy atom. The molecule has 1 fully saturated rings. The highest BCUT2D eigenvalue weighted by Crippen LogP contribution is 2.16. The molecule has 0 unspecified atom stereocenters. The Balaban J connectivity index is 1.47.